The van der Waals surface area contributed by atoms with Gasteiger partial charge in [0.1, 0.15) is 5.75 Å². The monoisotopic (exact) mass is 282 g/mol. The van der Waals surface area contributed by atoms with Crippen LogP contribution in [-0.2, 0) is 18.3 Å². The molecule has 112 valence electrons. The number of hydrogen-bond acceptors (Lipinski definition) is 1. The van der Waals surface area contributed by atoms with Crippen molar-refractivity contribution in [3.05, 3.63) is 65.2 Å². The van der Waals surface area contributed by atoms with Gasteiger partial charge >= 0.3 is 0 Å². The zero-order valence-corrected chi connectivity index (χ0v) is 13.4. The van der Waals surface area contributed by atoms with Crippen molar-refractivity contribution in [2.75, 3.05) is 0 Å². The van der Waals surface area contributed by atoms with Crippen LogP contribution in [0.15, 0.2) is 48.5 Å². The van der Waals surface area contributed by atoms with Gasteiger partial charge in [0.2, 0.25) is 0 Å². The van der Waals surface area contributed by atoms with Crippen LogP contribution in [0.3, 0.4) is 0 Å². The minimum Gasteiger partial charge on any atom is -0.508 e. The second-order valence-corrected chi connectivity index (χ2v) is 6.53. The maximum atomic E-state index is 9.37. The fourth-order valence-corrected chi connectivity index (χ4v) is 2.73. The summed E-state index contributed by atoms with van der Waals surface area (Å²) >= 11 is 0. The van der Waals surface area contributed by atoms with Crippen LogP contribution in [0, 0.1) is 0 Å². The molecule has 0 atom stereocenters. The number of aromatic hydroxyl groups is 1. The van der Waals surface area contributed by atoms with Gasteiger partial charge in [-0.25, -0.2) is 0 Å². The van der Waals surface area contributed by atoms with Crippen LogP contribution in [0.4, 0.5) is 0 Å². The SMILES string of the molecule is CCCCc1ccc(C(C)(C)Cc2ccc(O)cc2)cc1. The predicted molar refractivity (Wildman–Crippen MR) is 89.9 cm³/mol. The normalized spacial score (nSPS) is 11.6. The standard InChI is InChI=1S/C20H26O/c1-4-5-6-16-7-11-18(12-8-16)20(2,3)15-17-9-13-19(21)14-10-17/h7-14,21H,4-6,15H2,1-3H3. The molecular weight excluding hydrogens is 256 g/mol. The molecule has 2 rings (SSSR count). The van der Waals surface area contributed by atoms with E-state index in [1.165, 1.54) is 36.0 Å². The van der Waals surface area contributed by atoms with Gasteiger partial charge in [0.15, 0.2) is 0 Å². The van der Waals surface area contributed by atoms with E-state index in [0.717, 1.165) is 6.42 Å². The Morgan fingerprint density at radius 3 is 2.00 bits per heavy atom. The first-order valence-electron chi connectivity index (χ1n) is 7.88. The zero-order valence-electron chi connectivity index (χ0n) is 13.4. The summed E-state index contributed by atoms with van der Waals surface area (Å²) in [5, 5.41) is 9.37. The third-order valence-corrected chi connectivity index (χ3v) is 4.14. The lowest BCUT2D eigenvalue weighted by atomic mass is 9.79. The number of rotatable bonds is 6. The van der Waals surface area contributed by atoms with Gasteiger partial charge in [-0.2, -0.15) is 0 Å². The Labute approximate surface area is 128 Å². The van der Waals surface area contributed by atoms with Gasteiger partial charge in [0, 0.05) is 0 Å². The number of phenols is 1. The van der Waals surface area contributed by atoms with Crippen LogP contribution < -0.4 is 0 Å². The number of hydrogen-bond donors (Lipinski definition) is 1. The summed E-state index contributed by atoms with van der Waals surface area (Å²) in [5.41, 5.74) is 4.16. The average Bonchev–Trinajstić information content (AvgIpc) is 2.48. The molecule has 0 radical (unpaired) electrons. The van der Waals surface area contributed by atoms with Gasteiger partial charge in [-0.15, -0.1) is 0 Å². The predicted octanol–water partition coefficient (Wildman–Crippen LogP) is 5.26. The van der Waals surface area contributed by atoms with E-state index in [1.807, 2.05) is 12.1 Å². The molecule has 21 heavy (non-hydrogen) atoms. The Morgan fingerprint density at radius 2 is 1.43 bits per heavy atom. The van der Waals surface area contributed by atoms with Crippen molar-refractivity contribution in [3.8, 4) is 5.75 Å². The van der Waals surface area contributed by atoms with Gasteiger partial charge in [-0.05, 0) is 53.5 Å². The van der Waals surface area contributed by atoms with E-state index in [2.05, 4.69) is 45.0 Å². The van der Waals surface area contributed by atoms with Crippen LogP contribution in [0.1, 0.15) is 50.3 Å². The van der Waals surface area contributed by atoms with Crippen LogP contribution in [-0.4, -0.2) is 5.11 Å². The largest absolute Gasteiger partial charge is 0.508 e. The van der Waals surface area contributed by atoms with Gasteiger partial charge in [0.05, 0.1) is 0 Å². The first-order valence-corrected chi connectivity index (χ1v) is 7.88. The molecule has 2 aromatic carbocycles. The Bertz CT molecular complexity index is 549. The first-order chi connectivity index (χ1) is 10.0. The van der Waals surface area contributed by atoms with Crippen LogP contribution in [0.25, 0.3) is 0 Å². The van der Waals surface area contributed by atoms with E-state index in [4.69, 9.17) is 0 Å². The molecule has 0 saturated carbocycles. The smallest absolute Gasteiger partial charge is 0.115 e. The van der Waals surface area contributed by atoms with Crippen molar-refractivity contribution < 1.29 is 5.11 Å². The number of aryl methyl sites for hydroxylation is 1. The second kappa shape index (κ2) is 6.80. The molecule has 0 aromatic heterocycles. The third-order valence-electron chi connectivity index (χ3n) is 4.14. The minimum absolute atomic E-state index is 0.0975. The summed E-state index contributed by atoms with van der Waals surface area (Å²) in [7, 11) is 0. The van der Waals surface area contributed by atoms with Gasteiger partial charge in [-0.1, -0.05) is 63.6 Å². The lowest BCUT2D eigenvalue weighted by Crippen LogP contribution is -2.20. The quantitative estimate of drug-likeness (QED) is 0.766. The van der Waals surface area contributed by atoms with Gasteiger partial charge in [0.25, 0.3) is 0 Å². The van der Waals surface area contributed by atoms with Crippen LogP contribution >= 0.6 is 0 Å². The Morgan fingerprint density at radius 1 is 0.857 bits per heavy atom. The molecule has 0 fully saturated rings. The molecule has 1 nitrogen and oxygen atoms in total. The highest BCUT2D eigenvalue weighted by Crippen LogP contribution is 2.28. The molecular formula is C20H26O. The average molecular weight is 282 g/mol. The van der Waals surface area contributed by atoms with Crippen LogP contribution in [0.5, 0.6) is 5.75 Å². The fraction of sp³-hybridized carbons (Fsp3) is 0.400. The van der Waals surface area contributed by atoms with Gasteiger partial charge < -0.3 is 5.11 Å². The van der Waals surface area contributed by atoms with Crippen molar-refractivity contribution in [2.24, 2.45) is 0 Å². The molecule has 0 unspecified atom stereocenters. The molecule has 2 aromatic rings. The Kier molecular flexibility index (Phi) is 5.06. The third kappa shape index (κ3) is 4.35. The lowest BCUT2D eigenvalue weighted by molar-refractivity contribution is 0.474. The summed E-state index contributed by atoms with van der Waals surface area (Å²) in [6.45, 7) is 6.79. The Balaban J connectivity index is 2.09. The highest BCUT2D eigenvalue weighted by molar-refractivity contribution is 5.32. The molecule has 0 aliphatic heterocycles. The summed E-state index contributed by atoms with van der Waals surface area (Å²) in [6.07, 6.45) is 4.65. The molecule has 0 aliphatic carbocycles. The topological polar surface area (TPSA) is 20.2 Å². The fourth-order valence-electron chi connectivity index (χ4n) is 2.73. The first kappa shape index (κ1) is 15.6. The van der Waals surface area contributed by atoms with Crippen LogP contribution in [0.2, 0.25) is 0 Å². The Hall–Kier alpha value is -1.76. The number of unbranched alkanes of at least 4 members (excludes halogenated alkanes) is 1. The molecule has 0 heterocycles. The van der Waals surface area contributed by atoms with E-state index in [0.29, 0.717) is 5.75 Å². The lowest BCUT2D eigenvalue weighted by Gasteiger charge is -2.26. The summed E-state index contributed by atoms with van der Waals surface area (Å²) in [5.74, 6) is 0.330. The highest BCUT2D eigenvalue weighted by atomic mass is 16.3. The molecule has 0 spiro atoms. The van der Waals surface area contributed by atoms with Crippen molar-refractivity contribution in [1.29, 1.82) is 0 Å². The van der Waals surface area contributed by atoms with Crippen molar-refractivity contribution in [1.82, 2.24) is 0 Å². The highest BCUT2D eigenvalue weighted by Gasteiger charge is 2.21. The minimum atomic E-state index is 0.0975. The second-order valence-electron chi connectivity index (χ2n) is 6.53. The van der Waals surface area contributed by atoms with E-state index in [-0.39, 0.29) is 5.41 Å². The molecule has 0 aliphatic rings. The van der Waals surface area contributed by atoms with E-state index in [9.17, 15) is 5.11 Å². The summed E-state index contributed by atoms with van der Waals surface area (Å²) in [4.78, 5) is 0. The molecule has 0 bridgehead atoms. The summed E-state index contributed by atoms with van der Waals surface area (Å²) < 4.78 is 0. The van der Waals surface area contributed by atoms with Gasteiger partial charge in [-0.3, -0.25) is 0 Å². The maximum Gasteiger partial charge on any atom is 0.115 e. The summed E-state index contributed by atoms with van der Waals surface area (Å²) in [6, 6.07) is 16.6. The van der Waals surface area contributed by atoms with Crippen molar-refractivity contribution in [3.63, 3.8) is 0 Å². The zero-order chi connectivity index (χ0) is 15.3. The molecule has 1 N–H and O–H groups in total. The number of phenolic OH excluding ortho intramolecular Hbond substituents is 1. The van der Waals surface area contributed by atoms with E-state index < -0.39 is 0 Å². The number of benzene rings is 2. The van der Waals surface area contributed by atoms with Crippen molar-refractivity contribution >= 4 is 0 Å². The molecule has 1 heteroatoms. The van der Waals surface area contributed by atoms with Crippen molar-refractivity contribution in [2.45, 2.75) is 51.9 Å². The molecule has 0 amide bonds. The van der Waals surface area contributed by atoms with E-state index in [1.54, 1.807) is 12.1 Å². The molecule has 0 saturated heterocycles. The van der Waals surface area contributed by atoms with E-state index >= 15 is 0 Å². The maximum absolute atomic E-state index is 9.37.